The topological polar surface area (TPSA) is 15.3 Å². The van der Waals surface area contributed by atoms with E-state index in [9.17, 15) is 0 Å². The van der Waals surface area contributed by atoms with Crippen LogP contribution in [0.2, 0.25) is 0 Å². The summed E-state index contributed by atoms with van der Waals surface area (Å²) in [6.07, 6.45) is 7.03. The second-order valence-electron chi connectivity index (χ2n) is 6.78. The molecule has 1 aliphatic carbocycles. The number of nitrogens with one attached hydrogen (secondary N) is 1. The van der Waals surface area contributed by atoms with Gasteiger partial charge in [-0.3, -0.25) is 0 Å². The largest absolute Gasteiger partial charge is 0.312 e. The number of hydrogen-bond acceptors (Lipinski definition) is 2. The molecule has 0 bridgehead atoms. The highest BCUT2D eigenvalue weighted by Crippen LogP contribution is 2.33. The summed E-state index contributed by atoms with van der Waals surface area (Å²) in [5, 5.41) is 3.77. The van der Waals surface area contributed by atoms with E-state index in [0.717, 1.165) is 23.8 Å². The van der Waals surface area contributed by atoms with Crippen molar-refractivity contribution in [2.75, 3.05) is 26.2 Å². The minimum atomic E-state index is 0.778. The predicted octanol–water partition coefficient (Wildman–Crippen LogP) is 3.13. The average molecular weight is 252 g/mol. The van der Waals surface area contributed by atoms with Crippen LogP contribution in [0.25, 0.3) is 0 Å². The van der Waals surface area contributed by atoms with Gasteiger partial charge in [-0.1, -0.05) is 20.8 Å². The molecule has 1 N–H and O–H groups in total. The first-order valence-electron chi connectivity index (χ1n) is 8.16. The normalized spacial score (nSPS) is 24.7. The quantitative estimate of drug-likeness (QED) is 0.749. The Bertz CT molecular complexity index is 227. The van der Waals surface area contributed by atoms with Crippen LogP contribution in [0, 0.1) is 17.8 Å². The van der Waals surface area contributed by atoms with Crippen molar-refractivity contribution >= 4 is 0 Å². The van der Waals surface area contributed by atoms with Crippen molar-refractivity contribution in [3.63, 3.8) is 0 Å². The van der Waals surface area contributed by atoms with E-state index in [1.807, 2.05) is 0 Å². The van der Waals surface area contributed by atoms with E-state index in [2.05, 4.69) is 31.0 Å². The SMILES string of the molecule is CCCNC(CN1CCC(C(C)C)CC1)C1CC1. The van der Waals surface area contributed by atoms with Gasteiger partial charge in [-0.05, 0) is 69.5 Å². The van der Waals surface area contributed by atoms with Crippen LogP contribution in [0.4, 0.5) is 0 Å². The van der Waals surface area contributed by atoms with E-state index in [-0.39, 0.29) is 0 Å². The molecule has 1 heterocycles. The van der Waals surface area contributed by atoms with Crippen molar-refractivity contribution < 1.29 is 0 Å². The summed E-state index contributed by atoms with van der Waals surface area (Å²) in [5.41, 5.74) is 0. The molecule has 1 saturated carbocycles. The zero-order valence-corrected chi connectivity index (χ0v) is 12.6. The van der Waals surface area contributed by atoms with Gasteiger partial charge in [0.2, 0.25) is 0 Å². The Hall–Kier alpha value is -0.0800. The second-order valence-corrected chi connectivity index (χ2v) is 6.78. The lowest BCUT2D eigenvalue weighted by molar-refractivity contribution is 0.141. The second kappa shape index (κ2) is 6.91. The van der Waals surface area contributed by atoms with E-state index in [4.69, 9.17) is 0 Å². The average Bonchev–Trinajstić information content (AvgIpc) is 3.19. The highest BCUT2D eigenvalue weighted by Gasteiger charge is 2.32. The number of piperidine rings is 1. The number of likely N-dealkylation sites (tertiary alicyclic amines) is 1. The van der Waals surface area contributed by atoms with Crippen molar-refractivity contribution in [2.45, 2.75) is 58.9 Å². The van der Waals surface area contributed by atoms with Crippen LogP contribution >= 0.6 is 0 Å². The first-order chi connectivity index (χ1) is 8.70. The lowest BCUT2D eigenvalue weighted by atomic mass is 9.86. The zero-order chi connectivity index (χ0) is 13.0. The molecule has 2 aliphatic rings. The van der Waals surface area contributed by atoms with Crippen LogP contribution in [-0.2, 0) is 0 Å². The van der Waals surface area contributed by atoms with Crippen molar-refractivity contribution in [3.8, 4) is 0 Å². The summed E-state index contributed by atoms with van der Waals surface area (Å²) < 4.78 is 0. The van der Waals surface area contributed by atoms with Crippen molar-refractivity contribution in [1.82, 2.24) is 10.2 Å². The number of hydrogen-bond donors (Lipinski definition) is 1. The molecule has 1 saturated heterocycles. The van der Waals surface area contributed by atoms with Crippen LogP contribution in [0.15, 0.2) is 0 Å². The molecule has 0 radical (unpaired) electrons. The molecule has 0 aromatic heterocycles. The molecule has 106 valence electrons. The van der Waals surface area contributed by atoms with Gasteiger partial charge in [-0.15, -0.1) is 0 Å². The summed E-state index contributed by atoms with van der Waals surface area (Å²) in [6, 6.07) is 0.778. The Morgan fingerprint density at radius 3 is 2.22 bits per heavy atom. The Kier molecular flexibility index (Phi) is 5.50. The Balaban J connectivity index is 1.71. The molecule has 2 nitrogen and oxygen atoms in total. The summed E-state index contributed by atoms with van der Waals surface area (Å²) in [6.45, 7) is 12.2. The minimum absolute atomic E-state index is 0.778. The molecule has 2 heteroatoms. The van der Waals surface area contributed by atoms with Crippen molar-refractivity contribution in [1.29, 1.82) is 0 Å². The fraction of sp³-hybridized carbons (Fsp3) is 1.00. The Morgan fingerprint density at radius 2 is 1.72 bits per heavy atom. The highest BCUT2D eigenvalue weighted by molar-refractivity contribution is 4.89. The standard InChI is InChI=1S/C16H32N2/c1-4-9-17-16(15-5-6-15)12-18-10-7-14(8-11-18)13(2)3/h13-17H,4-12H2,1-3H3. The van der Waals surface area contributed by atoms with Gasteiger partial charge in [0.1, 0.15) is 0 Å². The number of rotatable bonds is 7. The summed E-state index contributed by atoms with van der Waals surface area (Å²) in [4.78, 5) is 2.71. The molecule has 0 aromatic carbocycles. The first-order valence-corrected chi connectivity index (χ1v) is 8.16. The van der Waals surface area contributed by atoms with Gasteiger partial charge in [0.05, 0.1) is 0 Å². The molecule has 1 atom stereocenters. The Morgan fingerprint density at radius 1 is 1.06 bits per heavy atom. The van der Waals surface area contributed by atoms with Gasteiger partial charge >= 0.3 is 0 Å². The van der Waals surface area contributed by atoms with Crippen LogP contribution in [0.5, 0.6) is 0 Å². The molecule has 0 amide bonds. The third-order valence-electron chi connectivity index (χ3n) is 4.88. The van der Waals surface area contributed by atoms with Crippen LogP contribution in [0.3, 0.4) is 0 Å². The third-order valence-corrected chi connectivity index (χ3v) is 4.88. The molecular weight excluding hydrogens is 220 g/mol. The van der Waals surface area contributed by atoms with Gasteiger partial charge in [-0.25, -0.2) is 0 Å². The van der Waals surface area contributed by atoms with Gasteiger partial charge in [-0.2, -0.15) is 0 Å². The first kappa shape index (κ1) is 14.3. The van der Waals surface area contributed by atoms with Gasteiger partial charge in [0, 0.05) is 12.6 Å². The van der Waals surface area contributed by atoms with Gasteiger partial charge < -0.3 is 10.2 Å². The van der Waals surface area contributed by atoms with Gasteiger partial charge in [0.15, 0.2) is 0 Å². The molecule has 18 heavy (non-hydrogen) atoms. The van der Waals surface area contributed by atoms with Crippen LogP contribution in [-0.4, -0.2) is 37.1 Å². The fourth-order valence-corrected chi connectivity index (χ4v) is 3.29. The lowest BCUT2D eigenvalue weighted by Gasteiger charge is -2.36. The molecule has 1 unspecified atom stereocenters. The third kappa shape index (κ3) is 4.24. The molecule has 2 fully saturated rings. The fourth-order valence-electron chi connectivity index (χ4n) is 3.29. The Labute approximate surface area is 114 Å². The molecule has 0 spiro atoms. The van der Waals surface area contributed by atoms with E-state index in [1.165, 1.54) is 58.3 Å². The van der Waals surface area contributed by atoms with E-state index in [0.29, 0.717) is 0 Å². The van der Waals surface area contributed by atoms with E-state index in [1.54, 1.807) is 0 Å². The van der Waals surface area contributed by atoms with E-state index < -0.39 is 0 Å². The summed E-state index contributed by atoms with van der Waals surface area (Å²) >= 11 is 0. The van der Waals surface area contributed by atoms with Crippen LogP contribution in [0.1, 0.15) is 52.9 Å². The lowest BCUT2D eigenvalue weighted by Crippen LogP contribution is -2.46. The maximum Gasteiger partial charge on any atom is 0.0223 e. The van der Waals surface area contributed by atoms with Crippen LogP contribution < -0.4 is 5.32 Å². The maximum atomic E-state index is 3.77. The molecule has 0 aromatic rings. The summed E-state index contributed by atoms with van der Waals surface area (Å²) in [7, 11) is 0. The van der Waals surface area contributed by atoms with Crippen molar-refractivity contribution in [2.24, 2.45) is 17.8 Å². The smallest absolute Gasteiger partial charge is 0.0223 e. The minimum Gasteiger partial charge on any atom is -0.312 e. The van der Waals surface area contributed by atoms with Gasteiger partial charge in [0.25, 0.3) is 0 Å². The molecule has 1 aliphatic heterocycles. The summed E-state index contributed by atoms with van der Waals surface area (Å²) in [5.74, 6) is 2.84. The zero-order valence-electron chi connectivity index (χ0n) is 12.6. The maximum absolute atomic E-state index is 3.77. The predicted molar refractivity (Wildman–Crippen MR) is 78.8 cm³/mol. The van der Waals surface area contributed by atoms with E-state index >= 15 is 0 Å². The highest BCUT2D eigenvalue weighted by atomic mass is 15.2. The number of nitrogens with zero attached hydrogens (tertiary/aromatic N) is 1. The monoisotopic (exact) mass is 252 g/mol. The molecular formula is C16H32N2. The molecule has 2 rings (SSSR count). The van der Waals surface area contributed by atoms with Crippen molar-refractivity contribution in [3.05, 3.63) is 0 Å².